The third kappa shape index (κ3) is 3.06. The number of halogens is 1. The van der Waals surface area contributed by atoms with Crippen LogP contribution in [0.1, 0.15) is 23.0 Å². The van der Waals surface area contributed by atoms with Gasteiger partial charge in [-0.1, -0.05) is 0 Å². The second kappa shape index (κ2) is 5.94. The van der Waals surface area contributed by atoms with Crippen molar-refractivity contribution in [2.75, 3.05) is 6.61 Å². The van der Waals surface area contributed by atoms with E-state index in [4.69, 9.17) is 4.74 Å². The van der Waals surface area contributed by atoms with Crippen LogP contribution in [0.3, 0.4) is 0 Å². The molecule has 0 saturated carbocycles. The van der Waals surface area contributed by atoms with Crippen molar-refractivity contribution < 1.29 is 34.1 Å². The second-order valence-corrected chi connectivity index (χ2v) is 5.74. The Balaban J connectivity index is 3.43. The van der Waals surface area contributed by atoms with Gasteiger partial charge in [-0.15, -0.1) is 0 Å². The van der Waals surface area contributed by atoms with Gasteiger partial charge in [0.25, 0.3) is 0 Å². The predicted octanol–water partition coefficient (Wildman–Crippen LogP) is -2.68. The fourth-order valence-corrected chi connectivity index (χ4v) is 2.90. The summed E-state index contributed by atoms with van der Waals surface area (Å²) in [7, 11) is 1.51. The summed E-state index contributed by atoms with van der Waals surface area (Å²) in [5.74, 6) is -0.685. The van der Waals surface area contributed by atoms with Gasteiger partial charge in [0.15, 0.2) is 0 Å². The van der Waals surface area contributed by atoms with Crippen molar-refractivity contribution in [3.8, 4) is 0 Å². The fraction of sp³-hybridized carbons (Fsp3) is 0.400. The summed E-state index contributed by atoms with van der Waals surface area (Å²) in [6.07, 6.45) is 0. The van der Waals surface area contributed by atoms with E-state index in [9.17, 15) is 19.7 Å². The van der Waals surface area contributed by atoms with E-state index in [2.05, 4.69) is 0 Å². The number of aryl methyl sites for hydroxylation is 1. The first-order chi connectivity index (χ1) is 8.38. The number of pyridine rings is 1. The van der Waals surface area contributed by atoms with E-state index in [1.807, 2.05) is 0 Å². The van der Waals surface area contributed by atoms with Gasteiger partial charge in [0, 0.05) is 0 Å². The molecule has 1 rings (SSSR count). The number of esters is 1. The van der Waals surface area contributed by atoms with Gasteiger partial charge < -0.3 is 0 Å². The van der Waals surface area contributed by atoms with Crippen molar-refractivity contribution in [3.63, 3.8) is 0 Å². The van der Waals surface area contributed by atoms with Gasteiger partial charge >= 0.3 is 114 Å². The normalized spacial score (nSPS) is 10.4. The van der Waals surface area contributed by atoms with Gasteiger partial charge in [-0.05, 0) is 0 Å². The molecule has 0 unspecified atom stereocenters. The molecule has 1 aromatic heterocycles. The summed E-state index contributed by atoms with van der Waals surface area (Å²) in [6, 6.07) is 1.46. The van der Waals surface area contributed by atoms with Crippen LogP contribution in [0.25, 0.3) is 0 Å². The zero-order valence-electron chi connectivity index (χ0n) is 10.1. The third-order valence-corrected chi connectivity index (χ3v) is 4.18. The maximum atomic E-state index is 11.9. The Hall–Kier alpha value is -1.45. The van der Waals surface area contributed by atoms with Gasteiger partial charge in [-0.25, -0.2) is 0 Å². The fourth-order valence-electron chi connectivity index (χ4n) is 1.30. The monoisotopic (exact) mass is 367 g/mol. The van der Waals surface area contributed by atoms with Gasteiger partial charge in [0.05, 0.1) is 0 Å². The number of carbonyl (C=O) groups is 1. The number of ether oxygens (including phenoxy) is 1. The number of nitrogens with zero attached hydrogens (tertiary/aromatic N) is 2. The minimum absolute atomic E-state index is 0.0157. The summed E-state index contributed by atoms with van der Waals surface area (Å²) in [4.78, 5) is 34.2. The summed E-state index contributed by atoms with van der Waals surface area (Å²) < 4.78 is 5.53. The Morgan fingerprint density at radius 2 is 2.22 bits per heavy atom. The van der Waals surface area contributed by atoms with E-state index < -0.39 is 36.1 Å². The van der Waals surface area contributed by atoms with Crippen LogP contribution in [0.5, 0.6) is 0 Å². The molecule has 0 fully saturated rings. The molecule has 0 aromatic carbocycles. The van der Waals surface area contributed by atoms with Crippen molar-refractivity contribution in [2.24, 2.45) is 7.05 Å². The van der Waals surface area contributed by atoms with Crippen LogP contribution in [0.4, 0.5) is 0 Å². The van der Waals surface area contributed by atoms with Crippen LogP contribution in [0.2, 0.25) is 0 Å². The first-order valence-electron chi connectivity index (χ1n) is 5.05. The van der Waals surface area contributed by atoms with E-state index in [0.29, 0.717) is 5.69 Å². The molecule has 0 aliphatic carbocycles. The van der Waals surface area contributed by atoms with E-state index >= 15 is 0 Å². The van der Waals surface area contributed by atoms with E-state index in [-0.39, 0.29) is 15.7 Å². The van der Waals surface area contributed by atoms with Crippen LogP contribution < -0.4 is 27.0 Å². The number of hydrogen-bond donors (Lipinski definition) is 0. The Bertz CT molecular complexity index is 552. The number of rotatable bonds is 4. The average Bonchev–Trinajstić information content (AvgIpc) is 2.29. The molecule has 0 aliphatic rings. The Morgan fingerprint density at radius 3 is 2.72 bits per heavy atom. The first-order valence-corrected chi connectivity index (χ1v) is 7.10. The number of carbonyl (C=O) groups excluding carboxylic acids is 1. The van der Waals surface area contributed by atoms with Gasteiger partial charge in [0.2, 0.25) is 0 Å². The zero-order chi connectivity index (χ0) is 13.9. The molecule has 0 saturated heterocycles. The van der Waals surface area contributed by atoms with Crippen LogP contribution in [0, 0.1) is 20.6 Å². The zero-order valence-corrected chi connectivity index (χ0v) is 12.3. The SMILES string of the molecule is CCOC(=O)c1cc(C)n(C)c(=O)c1[I-][N+](=O)[O-]. The van der Waals surface area contributed by atoms with Crippen LogP contribution in [-0.2, 0) is 11.8 Å². The van der Waals surface area contributed by atoms with Crippen molar-refractivity contribution in [1.29, 1.82) is 0 Å². The molecule has 1 aromatic rings. The molecule has 18 heavy (non-hydrogen) atoms. The molecule has 0 bridgehead atoms. The summed E-state index contributed by atoms with van der Waals surface area (Å²) in [5.41, 5.74) is 0.0728. The Kier molecular flexibility index (Phi) is 4.82. The third-order valence-electron chi connectivity index (χ3n) is 2.26. The van der Waals surface area contributed by atoms with Crippen LogP contribution in [-0.4, -0.2) is 20.3 Å². The molecule has 0 N–H and O–H groups in total. The average molecular weight is 367 g/mol. The van der Waals surface area contributed by atoms with Crippen molar-refractivity contribution in [3.05, 3.63) is 41.4 Å². The molecule has 0 atom stereocenters. The maximum absolute atomic E-state index is 11.9. The van der Waals surface area contributed by atoms with Crippen molar-refractivity contribution in [1.82, 2.24) is 4.57 Å². The van der Waals surface area contributed by atoms with Crippen LogP contribution in [0.15, 0.2) is 10.9 Å². The van der Waals surface area contributed by atoms with Gasteiger partial charge in [-0.2, -0.15) is 0 Å². The Morgan fingerprint density at radius 1 is 1.61 bits per heavy atom. The second-order valence-electron chi connectivity index (χ2n) is 3.40. The summed E-state index contributed by atoms with van der Waals surface area (Å²) in [6.45, 7) is 3.44. The molecule has 0 radical (unpaired) electrons. The molecule has 0 spiro atoms. The van der Waals surface area contributed by atoms with Gasteiger partial charge in [0.1, 0.15) is 0 Å². The number of hydrogen-bond acceptors (Lipinski definition) is 5. The van der Waals surface area contributed by atoms with E-state index in [0.717, 1.165) is 0 Å². The standard InChI is InChI=1S/C10H12IN2O5/c1-4-18-10(15)7-5-6(2)12(3)9(14)8(7)11-13(16)17/h5H,4H2,1-3H3/q-1. The summed E-state index contributed by atoms with van der Waals surface area (Å²) >= 11 is -1.76. The molecule has 1 heterocycles. The van der Waals surface area contributed by atoms with E-state index in [1.54, 1.807) is 13.8 Å². The molecule has 8 heteroatoms. The van der Waals surface area contributed by atoms with Crippen LogP contribution >= 0.6 is 0 Å². The molecule has 0 aliphatic heterocycles. The first kappa shape index (κ1) is 14.6. The predicted molar refractivity (Wildman–Crippen MR) is 58.1 cm³/mol. The quantitative estimate of drug-likeness (QED) is 0.190. The molecular weight excluding hydrogens is 355 g/mol. The molecular formula is C10H12IN2O5-. The Labute approximate surface area is 114 Å². The summed E-state index contributed by atoms with van der Waals surface area (Å²) in [5, 5.41) is 10.6. The number of nitro groups is 1. The minimum atomic E-state index is -1.76. The topological polar surface area (TPSA) is 91.4 Å². The van der Waals surface area contributed by atoms with Gasteiger partial charge in [-0.3, -0.25) is 0 Å². The molecule has 7 nitrogen and oxygen atoms in total. The molecule has 100 valence electrons. The molecule has 0 amide bonds. The van der Waals surface area contributed by atoms with Crippen molar-refractivity contribution in [2.45, 2.75) is 13.8 Å². The van der Waals surface area contributed by atoms with E-state index in [1.165, 1.54) is 17.7 Å². The van der Waals surface area contributed by atoms with Crippen molar-refractivity contribution >= 4 is 5.97 Å². The number of aromatic nitrogens is 1.